The average Bonchev–Trinajstić information content (AvgIpc) is 2.92. The van der Waals surface area contributed by atoms with Crippen LogP contribution in [0.2, 0.25) is 0 Å². The van der Waals surface area contributed by atoms with E-state index < -0.39 is 41.1 Å². The lowest BCUT2D eigenvalue weighted by Gasteiger charge is -2.42. The van der Waals surface area contributed by atoms with Gasteiger partial charge in [0.15, 0.2) is 0 Å². The molecule has 0 aromatic heterocycles. The Morgan fingerprint density at radius 2 is 1.56 bits per heavy atom. The van der Waals surface area contributed by atoms with Crippen molar-refractivity contribution >= 4 is 28.3 Å². The predicted molar refractivity (Wildman–Crippen MR) is 148 cm³/mol. The van der Waals surface area contributed by atoms with Crippen molar-refractivity contribution in [3.63, 3.8) is 0 Å². The molecule has 226 valence electrons. The van der Waals surface area contributed by atoms with Crippen molar-refractivity contribution in [2.24, 2.45) is 0 Å². The molecule has 41 heavy (non-hydrogen) atoms. The molecule has 0 radical (unpaired) electrons. The summed E-state index contributed by atoms with van der Waals surface area (Å²) in [5.74, 6) is -1.25. The largest absolute Gasteiger partial charge is 0.465 e. The lowest BCUT2D eigenvalue weighted by atomic mass is 10.1. The molecule has 9 nitrogen and oxygen atoms in total. The highest BCUT2D eigenvalue weighted by Crippen LogP contribution is 2.40. The number of hydrogen-bond donors (Lipinski definition) is 2. The van der Waals surface area contributed by atoms with Crippen molar-refractivity contribution in [2.45, 2.75) is 19.3 Å². The summed E-state index contributed by atoms with van der Waals surface area (Å²) in [6.45, 7) is 1.39. The predicted octanol–water partition coefficient (Wildman–Crippen LogP) is 4.49. The molecular weight excluding hydrogens is 568 g/mol. The second kappa shape index (κ2) is 12.9. The van der Waals surface area contributed by atoms with E-state index in [0.29, 0.717) is 38.4 Å². The van der Waals surface area contributed by atoms with E-state index in [0.717, 1.165) is 11.6 Å². The van der Waals surface area contributed by atoms with Gasteiger partial charge >= 0.3 is 18.2 Å². The van der Waals surface area contributed by atoms with E-state index in [1.54, 1.807) is 12.1 Å². The molecule has 2 aromatic carbocycles. The summed E-state index contributed by atoms with van der Waals surface area (Å²) in [5, 5.41) is 0. The Bertz CT molecular complexity index is 1210. The van der Waals surface area contributed by atoms with Gasteiger partial charge in [-0.2, -0.15) is 23.8 Å². The molecule has 0 bridgehead atoms. The number of rotatable bonds is 7. The molecule has 0 saturated carbocycles. The van der Waals surface area contributed by atoms with Gasteiger partial charge in [0.2, 0.25) is 0 Å². The van der Waals surface area contributed by atoms with E-state index >= 15 is 0 Å². The minimum atomic E-state index is -4.22. The van der Waals surface area contributed by atoms with Crippen molar-refractivity contribution in [1.29, 1.82) is 0 Å². The van der Waals surface area contributed by atoms with Gasteiger partial charge in [-0.05, 0) is 29.8 Å². The summed E-state index contributed by atoms with van der Waals surface area (Å²) in [4.78, 5) is 31.7. The number of piperazine rings is 1. The maximum atomic E-state index is 15.0. The number of carbonyl (C=O) groups is 2. The van der Waals surface area contributed by atoms with Crippen LogP contribution in [0.5, 0.6) is 0 Å². The molecular formula is C27H34F4N4O5S. The number of alkyl halides is 3. The van der Waals surface area contributed by atoms with E-state index in [-0.39, 0.29) is 42.3 Å². The Labute approximate surface area is 237 Å². The van der Waals surface area contributed by atoms with Crippen molar-refractivity contribution in [3.05, 3.63) is 65.0 Å². The molecule has 4 rings (SSSR count). The number of nitrogens with zero attached hydrogens (tertiary/aromatic N) is 4. The van der Waals surface area contributed by atoms with E-state index in [4.69, 9.17) is 0 Å². The van der Waals surface area contributed by atoms with Gasteiger partial charge < -0.3 is 9.64 Å². The summed E-state index contributed by atoms with van der Waals surface area (Å²) in [5.41, 5.74) is 1.61. The summed E-state index contributed by atoms with van der Waals surface area (Å²) < 4.78 is 77.6. The summed E-state index contributed by atoms with van der Waals surface area (Å²) >= 11 is 0. The Morgan fingerprint density at radius 3 is 2.12 bits per heavy atom. The Kier molecular flexibility index (Phi) is 9.80. The van der Waals surface area contributed by atoms with Crippen LogP contribution in [0.15, 0.2) is 42.5 Å². The van der Waals surface area contributed by atoms with E-state index in [2.05, 4.69) is 9.64 Å². The molecule has 2 heterocycles. The third kappa shape index (κ3) is 8.55. The van der Waals surface area contributed by atoms with Gasteiger partial charge in [0.05, 0.1) is 37.3 Å². The van der Waals surface area contributed by atoms with Gasteiger partial charge in [0, 0.05) is 57.1 Å². The quantitative estimate of drug-likeness (QED) is 0.356. The highest BCUT2D eigenvalue weighted by Gasteiger charge is 2.32. The maximum absolute atomic E-state index is 15.0. The first kappa shape index (κ1) is 31.0. The van der Waals surface area contributed by atoms with Crippen LogP contribution in [-0.4, -0.2) is 106 Å². The first-order valence-electron chi connectivity index (χ1n) is 13.1. The number of carbonyl (C=O) groups excluding carboxylic acids is 2. The Hall–Kier alpha value is -2.91. The van der Waals surface area contributed by atoms with Crippen LogP contribution < -0.4 is 4.90 Å². The molecule has 0 atom stereocenters. The molecule has 2 amide bonds. The number of esters is 1. The zero-order valence-corrected chi connectivity index (χ0v) is 23.5. The summed E-state index contributed by atoms with van der Waals surface area (Å²) in [7, 11) is -1.54. The first-order chi connectivity index (χ1) is 19.3. The highest BCUT2D eigenvalue weighted by atomic mass is 32.3. The van der Waals surface area contributed by atoms with E-state index in [1.807, 2.05) is 12.1 Å². The number of benzene rings is 2. The van der Waals surface area contributed by atoms with E-state index in [1.165, 1.54) is 33.9 Å². The fourth-order valence-electron chi connectivity index (χ4n) is 4.85. The topological polar surface area (TPSA) is 96.8 Å². The molecule has 2 N–H and O–H groups in total. The molecule has 2 fully saturated rings. The van der Waals surface area contributed by atoms with Crippen molar-refractivity contribution in [1.82, 2.24) is 14.7 Å². The third-order valence-corrected chi connectivity index (χ3v) is 8.88. The minimum Gasteiger partial charge on any atom is -0.465 e. The normalized spacial score (nSPS) is 19.0. The second-order valence-corrected chi connectivity index (χ2v) is 12.6. The van der Waals surface area contributed by atoms with Gasteiger partial charge in [-0.15, -0.1) is 0 Å². The molecule has 14 heteroatoms. The fourth-order valence-corrected chi connectivity index (χ4v) is 6.08. The van der Waals surface area contributed by atoms with Crippen molar-refractivity contribution < 1.29 is 41.0 Å². The number of ether oxygens (including phenoxy) is 1. The monoisotopic (exact) mass is 602 g/mol. The zero-order chi connectivity index (χ0) is 29.8. The molecule has 2 aliphatic heterocycles. The highest BCUT2D eigenvalue weighted by molar-refractivity contribution is 8.24. The van der Waals surface area contributed by atoms with Crippen molar-refractivity contribution in [3.8, 4) is 0 Å². The number of anilines is 1. The SMILES string of the molecule is COC(=O)c1ccc(CN(C(=O)N2CCS(O)(O)CC2)c2ccc(CN3CCN(CC(F)(F)F)CC3)cc2)c(F)c1. The van der Waals surface area contributed by atoms with Gasteiger partial charge in [0.25, 0.3) is 0 Å². The summed E-state index contributed by atoms with van der Waals surface area (Å²) in [6.07, 6.45) is -4.22. The zero-order valence-electron chi connectivity index (χ0n) is 22.6. The third-order valence-electron chi connectivity index (χ3n) is 7.20. The number of urea groups is 1. The van der Waals surface area contributed by atoms with Crippen molar-refractivity contribution in [2.75, 3.05) is 69.3 Å². The van der Waals surface area contributed by atoms with Crippen LogP contribution in [0.25, 0.3) is 0 Å². The fraction of sp³-hybridized carbons (Fsp3) is 0.481. The van der Waals surface area contributed by atoms with Gasteiger partial charge in [-0.25, -0.2) is 14.0 Å². The standard InChI is InChI=1S/C27H34F4N4O5S/c1-40-25(36)21-4-5-22(24(28)16-21)18-35(26(37)34-12-14-41(38,39)15-13-34)23-6-2-20(3-7-23)17-32-8-10-33(11-9-32)19-27(29,30)31/h2-7,16,38-39H,8-15,17-19H2,1H3. The Morgan fingerprint density at radius 1 is 0.951 bits per heavy atom. The van der Waals surface area contributed by atoms with Gasteiger partial charge in [-0.3, -0.25) is 23.8 Å². The van der Waals surface area contributed by atoms with Crippen LogP contribution in [-0.2, 0) is 17.8 Å². The molecule has 2 aromatic rings. The number of amides is 2. The maximum Gasteiger partial charge on any atom is 0.401 e. The van der Waals surface area contributed by atoms with Crippen LogP contribution in [0.4, 0.5) is 28.0 Å². The molecule has 2 saturated heterocycles. The van der Waals surface area contributed by atoms with E-state index in [9.17, 15) is 36.3 Å². The van der Waals surface area contributed by atoms with Crippen LogP contribution in [0.1, 0.15) is 21.5 Å². The number of hydrogen-bond acceptors (Lipinski definition) is 7. The molecule has 0 aliphatic carbocycles. The van der Waals surface area contributed by atoms with Crippen LogP contribution >= 0.6 is 10.6 Å². The lowest BCUT2D eigenvalue weighted by molar-refractivity contribution is -0.149. The van der Waals surface area contributed by atoms with Crippen LogP contribution in [0.3, 0.4) is 0 Å². The van der Waals surface area contributed by atoms with Crippen LogP contribution in [0, 0.1) is 5.82 Å². The summed E-state index contributed by atoms with van der Waals surface area (Å²) in [6, 6.07) is 10.6. The average molecular weight is 603 g/mol. The minimum absolute atomic E-state index is 0.0384. The molecule has 0 unspecified atom stereocenters. The van der Waals surface area contributed by atoms with Gasteiger partial charge in [-0.1, -0.05) is 18.2 Å². The lowest BCUT2D eigenvalue weighted by Crippen LogP contribution is -2.49. The number of methoxy groups -OCH3 is 1. The molecule has 2 aliphatic rings. The smallest absolute Gasteiger partial charge is 0.401 e. The Balaban J connectivity index is 1.48. The number of halogens is 4. The molecule has 0 spiro atoms. The van der Waals surface area contributed by atoms with Gasteiger partial charge in [0.1, 0.15) is 5.82 Å². The first-order valence-corrected chi connectivity index (χ1v) is 15.0. The second-order valence-electron chi connectivity index (χ2n) is 10.2.